The maximum atomic E-state index is 12.4. The Balaban J connectivity index is 1.82. The van der Waals surface area contributed by atoms with E-state index in [4.69, 9.17) is 18.9 Å². The molecule has 0 saturated carbocycles. The zero-order valence-electron chi connectivity index (χ0n) is 17.6. The fourth-order valence-corrected chi connectivity index (χ4v) is 3.39. The molecule has 0 N–H and O–H groups in total. The van der Waals surface area contributed by atoms with Gasteiger partial charge < -0.3 is 18.9 Å². The molecule has 3 atom stereocenters. The lowest BCUT2D eigenvalue weighted by molar-refractivity contribution is -0.161. The summed E-state index contributed by atoms with van der Waals surface area (Å²) in [5.74, 6) is 0.482. The van der Waals surface area contributed by atoms with Crippen molar-refractivity contribution >= 4 is 5.97 Å². The topological polar surface area (TPSA) is 54.0 Å². The van der Waals surface area contributed by atoms with Gasteiger partial charge in [0.15, 0.2) is 0 Å². The lowest BCUT2D eigenvalue weighted by Crippen LogP contribution is -2.39. The molecule has 1 heterocycles. The molecule has 0 bridgehead atoms. The standard InChI is InChI=1S/C23H34O5/c1-5-26-23(24)21(8-6-7-17(2)3)22-14-13-20(16-28-22)27-15-18-9-11-19(25-4)12-10-18/h7,9-12,20-22H,5-6,8,13-16H2,1-4H3/t20-,21+,22+/m0/s1. The highest BCUT2D eigenvalue weighted by Crippen LogP contribution is 2.27. The van der Waals surface area contributed by atoms with Crippen LogP contribution in [0.1, 0.15) is 52.0 Å². The summed E-state index contributed by atoms with van der Waals surface area (Å²) in [5.41, 5.74) is 2.37. The first-order valence-corrected chi connectivity index (χ1v) is 10.2. The third-order valence-corrected chi connectivity index (χ3v) is 4.98. The van der Waals surface area contributed by atoms with Crippen LogP contribution in [0.15, 0.2) is 35.9 Å². The molecule has 1 aromatic carbocycles. The van der Waals surface area contributed by atoms with Gasteiger partial charge in [0.05, 0.1) is 45.1 Å². The summed E-state index contributed by atoms with van der Waals surface area (Å²) in [6.07, 6.45) is 5.44. The smallest absolute Gasteiger partial charge is 0.311 e. The molecule has 1 aliphatic rings. The van der Waals surface area contributed by atoms with Crippen LogP contribution in [0.3, 0.4) is 0 Å². The molecule has 5 nitrogen and oxygen atoms in total. The van der Waals surface area contributed by atoms with Crippen LogP contribution in [0.25, 0.3) is 0 Å². The van der Waals surface area contributed by atoms with Gasteiger partial charge in [-0.25, -0.2) is 0 Å². The van der Waals surface area contributed by atoms with E-state index in [9.17, 15) is 4.79 Å². The Morgan fingerprint density at radius 2 is 2.00 bits per heavy atom. The van der Waals surface area contributed by atoms with E-state index in [1.807, 2.05) is 31.2 Å². The third kappa shape index (κ3) is 7.28. The Morgan fingerprint density at radius 3 is 2.57 bits per heavy atom. The summed E-state index contributed by atoms with van der Waals surface area (Å²) in [5, 5.41) is 0. The first-order valence-electron chi connectivity index (χ1n) is 10.2. The number of hydrogen-bond donors (Lipinski definition) is 0. The quantitative estimate of drug-likeness (QED) is 0.429. The van der Waals surface area contributed by atoms with E-state index in [1.54, 1.807) is 7.11 Å². The van der Waals surface area contributed by atoms with Gasteiger partial charge in [0.1, 0.15) is 5.75 Å². The van der Waals surface area contributed by atoms with E-state index in [0.29, 0.717) is 19.8 Å². The summed E-state index contributed by atoms with van der Waals surface area (Å²) >= 11 is 0. The zero-order chi connectivity index (χ0) is 20.4. The summed E-state index contributed by atoms with van der Waals surface area (Å²) in [6, 6.07) is 7.88. The van der Waals surface area contributed by atoms with E-state index < -0.39 is 0 Å². The van der Waals surface area contributed by atoms with Crippen molar-refractivity contribution in [3.05, 3.63) is 41.5 Å². The van der Waals surface area contributed by atoms with Crippen LogP contribution in [0.5, 0.6) is 5.75 Å². The Bertz CT molecular complexity index is 610. The van der Waals surface area contributed by atoms with Gasteiger partial charge in [-0.3, -0.25) is 4.79 Å². The van der Waals surface area contributed by atoms with Crippen LogP contribution >= 0.6 is 0 Å². The van der Waals surface area contributed by atoms with Crippen LogP contribution in [-0.2, 0) is 25.6 Å². The van der Waals surface area contributed by atoms with E-state index in [0.717, 1.165) is 37.0 Å². The molecule has 0 aliphatic carbocycles. The minimum atomic E-state index is -0.210. The summed E-state index contributed by atoms with van der Waals surface area (Å²) in [4.78, 5) is 12.4. The van der Waals surface area contributed by atoms with Crippen molar-refractivity contribution < 1.29 is 23.7 Å². The fraction of sp³-hybridized carbons (Fsp3) is 0.609. The SMILES string of the molecule is CCOC(=O)[C@H](CCC=C(C)C)[C@H]1CC[C@H](OCc2ccc(OC)cc2)CO1. The molecule has 156 valence electrons. The minimum absolute atomic E-state index is 0.0546. The van der Waals surface area contributed by atoms with E-state index in [1.165, 1.54) is 5.57 Å². The van der Waals surface area contributed by atoms with E-state index in [-0.39, 0.29) is 24.1 Å². The first kappa shape index (κ1) is 22.4. The van der Waals surface area contributed by atoms with Crippen LogP contribution < -0.4 is 4.74 Å². The van der Waals surface area contributed by atoms with Gasteiger partial charge in [0.2, 0.25) is 0 Å². The lowest BCUT2D eigenvalue weighted by atomic mass is 9.90. The van der Waals surface area contributed by atoms with Gasteiger partial charge in [-0.1, -0.05) is 23.8 Å². The molecule has 5 heteroatoms. The number of hydrogen-bond acceptors (Lipinski definition) is 5. The van der Waals surface area contributed by atoms with Crippen LogP contribution in [0.4, 0.5) is 0 Å². The van der Waals surface area contributed by atoms with Crippen molar-refractivity contribution in [2.45, 2.75) is 65.3 Å². The molecular weight excluding hydrogens is 356 g/mol. The van der Waals surface area contributed by atoms with Gasteiger partial charge in [-0.15, -0.1) is 0 Å². The van der Waals surface area contributed by atoms with E-state index >= 15 is 0 Å². The van der Waals surface area contributed by atoms with Gasteiger partial charge >= 0.3 is 5.97 Å². The van der Waals surface area contributed by atoms with Gasteiger partial charge in [0, 0.05) is 0 Å². The summed E-state index contributed by atoms with van der Waals surface area (Å²) in [7, 11) is 1.66. The average Bonchev–Trinajstić information content (AvgIpc) is 2.70. The lowest BCUT2D eigenvalue weighted by Gasteiger charge is -2.33. The highest BCUT2D eigenvalue weighted by molar-refractivity contribution is 5.73. The number of ether oxygens (including phenoxy) is 4. The molecular formula is C23H34O5. The number of carbonyl (C=O) groups is 1. The molecule has 28 heavy (non-hydrogen) atoms. The predicted molar refractivity (Wildman–Crippen MR) is 109 cm³/mol. The Morgan fingerprint density at radius 1 is 1.25 bits per heavy atom. The average molecular weight is 391 g/mol. The van der Waals surface area contributed by atoms with Crippen molar-refractivity contribution in [3.8, 4) is 5.75 Å². The number of benzene rings is 1. The second kappa shape index (κ2) is 11.9. The number of allylic oxidation sites excluding steroid dienone is 2. The van der Waals surface area contributed by atoms with Gasteiger partial charge in [-0.2, -0.15) is 0 Å². The van der Waals surface area contributed by atoms with Crippen LogP contribution in [-0.4, -0.2) is 38.5 Å². The van der Waals surface area contributed by atoms with Crippen LogP contribution in [0, 0.1) is 5.92 Å². The normalized spacial score (nSPS) is 20.3. The van der Waals surface area contributed by atoms with Gasteiger partial charge in [0.25, 0.3) is 0 Å². The predicted octanol–water partition coefficient (Wildman–Crippen LogP) is 4.69. The Kier molecular flexibility index (Phi) is 9.51. The highest BCUT2D eigenvalue weighted by atomic mass is 16.6. The van der Waals surface area contributed by atoms with Crippen molar-refractivity contribution in [2.75, 3.05) is 20.3 Å². The molecule has 2 rings (SSSR count). The summed E-state index contributed by atoms with van der Waals surface area (Å²) in [6.45, 7) is 7.44. The maximum Gasteiger partial charge on any atom is 0.311 e. The van der Waals surface area contributed by atoms with Crippen molar-refractivity contribution in [1.29, 1.82) is 0 Å². The minimum Gasteiger partial charge on any atom is -0.497 e. The third-order valence-electron chi connectivity index (χ3n) is 4.98. The molecule has 0 amide bonds. The number of esters is 1. The second-order valence-electron chi connectivity index (χ2n) is 7.45. The molecule has 0 aromatic heterocycles. The fourth-order valence-electron chi connectivity index (χ4n) is 3.39. The Labute approximate surface area is 169 Å². The second-order valence-corrected chi connectivity index (χ2v) is 7.45. The molecule has 0 radical (unpaired) electrons. The highest BCUT2D eigenvalue weighted by Gasteiger charge is 2.33. The Hall–Kier alpha value is -1.85. The van der Waals surface area contributed by atoms with Crippen molar-refractivity contribution in [2.24, 2.45) is 5.92 Å². The largest absolute Gasteiger partial charge is 0.497 e. The number of methoxy groups -OCH3 is 1. The number of rotatable bonds is 10. The first-order chi connectivity index (χ1) is 13.5. The number of carbonyl (C=O) groups excluding carboxylic acids is 1. The van der Waals surface area contributed by atoms with Gasteiger partial charge in [-0.05, 0) is 64.2 Å². The van der Waals surface area contributed by atoms with E-state index in [2.05, 4.69) is 19.9 Å². The monoisotopic (exact) mass is 390 g/mol. The molecule has 1 aliphatic heterocycles. The van der Waals surface area contributed by atoms with Crippen LogP contribution in [0.2, 0.25) is 0 Å². The molecule has 0 unspecified atom stereocenters. The molecule has 1 aromatic rings. The molecule has 0 spiro atoms. The molecule has 1 fully saturated rings. The van der Waals surface area contributed by atoms with Crippen molar-refractivity contribution in [3.63, 3.8) is 0 Å². The maximum absolute atomic E-state index is 12.4. The zero-order valence-corrected chi connectivity index (χ0v) is 17.6. The summed E-state index contributed by atoms with van der Waals surface area (Å²) < 4.78 is 22.5. The molecule has 1 saturated heterocycles. The van der Waals surface area contributed by atoms with Crippen molar-refractivity contribution in [1.82, 2.24) is 0 Å².